The Balaban J connectivity index is 0. The molecule has 0 amide bonds. The number of aliphatic carboxylic acids is 1. The van der Waals surface area contributed by atoms with Crippen LogP contribution < -0.4 is 51.4 Å². The van der Waals surface area contributed by atoms with Crippen LogP contribution in [-0.2, 0) is 9.53 Å². The molecule has 1 atom stereocenters. The Labute approximate surface area is 128 Å². The van der Waals surface area contributed by atoms with Crippen molar-refractivity contribution >= 4 is 5.97 Å². The second-order valence-corrected chi connectivity index (χ2v) is 3.04. The van der Waals surface area contributed by atoms with E-state index in [0.717, 1.165) is 12.8 Å². The Kier molecular flexibility index (Phi) is 13.1. The molecule has 0 aromatic carbocycles. The molecule has 0 fully saturated rings. The van der Waals surface area contributed by atoms with Crippen molar-refractivity contribution in [3.63, 3.8) is 0 Å². The second-order valence-electron chi connectivity index (χ2n) is 3.04. The van der Waals surface area contributed by atoms with Gasteiger partial charge in [0.2, 0.25) is 0 Å². The van der Waals surface area contributed by atoms with Gasteiger partial charge in [-0.25, -0.2) is 0 Å². The number of hydrogen-bond donors (Lipinski definition) is 1. The Bertz CT molecular complexity index is 153. The van der Waals surface area contributed by atoms with Crippen LogP contribution in [-0.4, -0.2) is 42.3 Å². The predicted octanol–water partition coefficient (Wildman–Crippen LogP) is -2.02. The van der Waals surface area contributed by atoms with Crippen molar-refractivity contribution in [1.29, 1.82) is 0 Å². The minimum Gasteiger partial charge on any atom is -0.480 e. The molecule has 0 aliphatic carbocycles. The molecule has 0 aromatic heterocycles. The van der Waals surface area contributed by atoms with Crippen LogP contribution >= 0.6 is 0 Å². The van der Waals surface area contributed by atoms with E-state index in [4.69, 9.17) is 9.84 Å². The first-order valence-corrected chi connectivity index (χ1v) is 4.43. The molecule has 78 valence electrons. The third kappa shape index (κ3) is 8.34. The minimum atomic E-state index is -0.894. The zero-order chi connectivity index (χ0) is 10.3. The maximum absolute atomic E-state index is 10.6. The first kappa shape index (κ1) is 17.4. The van der Waals surface area contributed by atoms with Crippen LogP contribution in [0.15, 0.2) is 0 Å². The van der Waals surface area contributed by atoms with E-state index in [1.54, 1.807) is 7.05 Å². The summed E-state index contributed by atoms with van der Waals surface area (Å²) in [5, 5.41) is 8.74. The molecule has 0 saturated heterocycles. The first-order chi connectivity index (χ1) is 6.09. The van der Waals surface area contributed by atoms with Crippen LogP contribution in [0.1, 0.15) is 19.8 Å². The normalized spacial score (nSPS) is 12.3. The van der Waals surface area contributed by atoms with Gasteiger partial charge in [0.15, 0.2) is 0 Å². The maximum Gasteiger partial charge on any atom is 1.00 e. The average Bonchev–Trinajstić information content (AvgIpc) is 2.02. The molecule has 0 radical (unpaired) electrons. The maximum atomic E-state index is 10.6. The van der Waals surface area contributed by atoms with Gasteiger partial charge in [-0.05, 0) is 13.5 Å². The quantitative estimate of drug-likeness (QED) is 0.310. The summed E-state index contributed by atoms with van der Waals surface area (Å²) >= 11 is 0. The van der Waals surface area contributed by atoms with Gasteiger partial charge < -0.3 is 14.7 Å². The number of hydrogen-bond acceptors (Lipinski definition) is 3. The van der Waals surface area contributed by atoms with E-state index in [2.05, 4.69) is 14.0 Å². The summed E-state index contributed by atoms with van der Waals surface area (Å²) in [4.78, 5) is 12.0. The SMILES string of the molecule is [CH2-]N(C)C(COCCCC)C(=O)O.[K+]. The van der Waals surface area contributed by atoms with Crippen LogP contribution in [0.4, 0.5) is 0 Å². The second kappa shape index (κ2) is 10.5. The number of carbonyl (C=O) groups is 1. The molecule has 0 aliphatic rings. The molecule has 14 heavy (non-hydrogen) atoms. The van der Waals surface area contributed by atoms with Crippen LogP contribution in [0.25, 0.3) is 0 Å². The van der Waals surface area contributed by atoms with Gasteiger partial charge >= 0.3 is 57.4 Å². The van der Waals surface area contributed by atoms with Crippen LogP contribution in [0.3, 0.4) is 0 Å². The van der Waals surface area contributed by atoms with E-state index in [1.165, 1.54) is 4.90 Å². The Morgan fingerprint density at radius 1 is 1.64 bits per heavy atom. The molecule has 0 heterocycles. The van der Waals surface area contributed by atoms with Crippen molar-refractivity contribution in [2.45, 2.75) is 25.8 Å². The third-order valence-corrected chi connectivity index (χ3v) is 1.74. The number of carboxylic acids is 1. The van der Waals surface area contributed by atoms with Crippen molar-refractivity contribution in [2.24, 2.45) is 0 Å². The summed E-state index contributed by atoms with van der Waals surface area (Å²) in [7, 11) is 5.16. The summed E-state index contributed by atoms with van der Waals surface area (Å²) in [5.74, 6) is -0.894. The van der Waals surface area contributed by atoms with Gasteiger partial charge in [0, 0.05) is 6.61 Å². The summed E-state index contributed by atoms with van der Waals surface area (Å²) in [6.07, 6.45) is 2.02. The topological polar surface area (TPSA) is 49.8 Å². The molecule has 1 N–H and O–H groups in total. The Morgan fingerprint density at radius 2 is 2.21 bits per heavy atom. The van der Waals surface area contributed by atoms with Crippen molar-refractivity contribution < 1.29 is 66.0 Å². The molecule has 0 rings (SSSR count). The number of ether oxygens (including phenoxy) is 1. The van der Waals surface area contributed by atoms with Gasteiger partial charge in [-0.2, -0.15) is 0 Å². The minimum absolute atomic E-state index is 0. The molecular formula is C9H18KNO3. The van der Waals surface area contributed by atoms with Crippen LogP contribution in [0.5, 0.6) is 0 Å². The van der Waals surface area contributed by atoms with E-state index < -0.39 is 12.0 Å². The van der Waals surface area contributed by atoms with Crippen LogP contribution in [0.2, 0.25) is 0 Å². The van der Waals surface area contributed by atoms with Crippen LogP contribution in [0, 0.1) is 7.05 Å². The number of unbranched alkanes of at least 4 members (excludes halogenated alkanes) is 1. The van der Waals surface area contributed by atoms with E-state index in [1.807, 2.05) is 0 Å². The van der Waals surface area contributed by atoms with E-state index in [0.29, 0.717) is 6.61 Å². The summed E-state index contributed by atoms with van der Waals surface area (Å²) < 4.78 is 5.20. The molecule has 4 nitrogen and oxygen atoms in total. The van der Waals surface area contributed by atoms with E-state index in [-0.39, 0.29) is 58.0 Å². The fraction of sp³-hybridized carbons (Fsp3) is 0.778. The fourth-order valence-corrected chi connectivity index (χ4v) is 0.828. The summed E-state index contributed by atoms with van der Waals surface area (Å²) in [5.41, 5.74) is 0. The van der Waals surface area contributed by atoms with E-state index >= 15 is 0 Å². The molecule has 0 aliphatic heterocycles. The zero-order valence-corrected chi connectivity index (χ0v) is 12.4. The number of nitrogens with zero attached hydrogens (tertiary/aromatic N) is 1. The van der Waals surface area contributed by atoms with Crippen molar-refractivity contribution in [3.05, 3.63) is 7.05 Å². The van der Waals surface area contributed by atoms with E-state index in [9.17, 15) is 4.79 Å². The number of carboxylic acid groups (broad SMARTS) is 1. The van der Waals surface area contributed by atoms with Gasteiger partial charge in [0.05, 0.1) is 6.61 Å². The smallest absolute Gasteiger partial charge is 0.480 e. The summed E-state index contributed by atoms with van der Waals surface area (Å²) in [6.45, 7) is 2.88. The molecule has 0 spiro atoms. The first-order valence-electron chi connectivity index (χ1n) is 4.43. The zero-order valence-electron chi connectivity index (χ0n) is 9.32. The summed E-state index contributed by atoms with van der Waals surface area (Å²) in [6, 6.07) is -0.642. The van der Waals surface area contributed by atoms with Gasteiger partial charge in [0.25, 0.3) is 0 Å². The van der Waals surface area contributed by atoms with Crippen molar-refractivity contribution in [2.75, 3.05) is 20.3 Å². The number of rotatable bonds is 7. The molecule has 1 unspecified atom stereocenters. The predicted molar refractivity (Wildman–Crippen MR) is 50.3 cm³/mol. The van der Waals surface area contributed by atoms with Gasteiger partial charge in [-0.1, -0.05) is 13.3 Å². The Hall–Kier alpha value is 1.03. The Morgan fingerprint density at radius 3 is 2.57 bits per heavy atom. The molecule has 0 aromatic rings. The van der Waals surface area contributed by atoms with Gasteiger partial charge in [0.1, 0.15) is 6.04 Å². The fourth-order valence-electron chi connectivity index (χ4n) is 0.828. The largest absolute Gasteiger partial charge is 1.00 e. The standard InChI is InChI=1S/C9H18NO3.K/c1-4-5-6-13-7-8(9(11)12)10(2)3;/h8H,2,4-7H2,1,3H3,(H,11,12);/q-1;+1. The monoisotopic (exact) mass is 227 g/mol. The number of likely N-dealkylation sites (N-methyl/N-ethyl adjacent to an activating group) is 1. The molecular weight excluding hydrogens is 209 g/mol. The average molecular weight is 227 g/mol. The van der Waals surface area contributed by atoms with Gasteiger partial charge in [-0.3, -0.25) is 11.8 Å². The molecule has 0 bridgehead atoms. The van der Waals surface area contributed by atoms with Crippen molar-refractivity contribution in [1.82, 2.24) is 4.90 Å². The van der Waals surface area contributed by atoms with Crippen molar-refractivity contribution in [3.8, 4) is 0 Å². The third-order valence-electron chi connectivity index (χ3n) is 1.74. The molecule has 0 saturated carbocycles. The van der Waals surface area contributed by atoms with Gasteiger partial charge in [-0.15, -0.1) is 0 Å². The molecule has 5 heteroatoms.